The van der Waals surface area contributed by atoms with Crippen LogP contribution in [0.15, 0.2) is 53.0 Å². The van der Waals surface area contributed by atoms with Gasteiger partial charge in [0.15, 0.2) is 5.54 Å². The number of fused-ring (bicyclic) bond motifs is 1. The number of nitrogens with zero attached hydrogens (tertiary/aromatic N) is 1. The van der Waals surface area contributed by atoms with E-state index >= 15 is 0 Å². The van der Waals surface area contributed by atoms with Crippen molar-refractivity contribution in [3.05, 3.63) is 64.1 Å². The fraction of sp³-hybridized carbons (Fsp3) is 0.278. The zero-order valence-electron chi connectivity index (χ0n) is 11.8. The van der Waals surface area contributed by atoms with Gasteiger partial charge in [0.05, 0.1) is 6.07 Å². The van der Waals surface area contributed by atoms with Crippen molar-refractivity contribution in [2.45, 2.75) is 31.2 Å². The largest absolute Gasteiger partial charge is 0.363 e. The van der Waals surface area contributed by atoms with Crippen molar-refractivity contribution in [1.82, 2.24) is 0 Å². The van der Waals surface area contributed by atoms with Gasteiger partial charge >= 0.3 is 0 Å². The molecule has 1 atom stereocenters. The lowest BCUT2D eigenvalue weighted by atomic mass is 9.85. The molecule has 0 aromatic heterocycles. The fourth-order valence-electron chi connectivity index (χ4n) is 3.06. The minimum absolute atomic E-state index is 0.642. The number of benzene rings is 2. The molecule has 0 saturated heterocycles. The smallest absolute Gasteiger partial charge is 0.151 e. The lowest BCUT2D eigenvalue weighted by Crippen LogP contribution is -2.34. The summed E-state index contributed by atoms with van der Waals surface area (Å²) in [5.74, 6) is 0. The van der Waals surface area contributed by atoms with Gasteiger partial charge in [-0.05, 0) is 64.9 Å². The van der Waals surface area contributed by atoms with Crippen LogP contribution in [0.4, 0.5) is 5.69 Å². The molecule has 1 aliphatic carbocycles. The molecule has 0 bridgehead atoms. The average Bonchev–Trinajstić information content (AvgIpc) is 2.70. The van der Waals surface area contributed by atoms with Crippen LogP contribution in [0.5, 0.6) is 0 Å². The quantitative estimate of drug-likeness (QED) is 0.780. The molecule has 21 heavy (non-hydrogen) atoms. The Kier molecular flexibility index (Phi) is 3.98. The van der Waals surface area contributed by atoms with E-state index in [4.69, 9.17) is 0 Å². The van der Waals surface area contributed by atoms with Crippen LogP contribution in [-0.2, 0) is 12.0 Å². The third-order valence-corrected chi connectivity index (χ3v) is 4.83. The van der Waals surface area contributed by atoms with E-state index in [9.17, 15) is 5.26 Å². The van der Waals surface area contributed by atoms with Crippen molar-refractivity contribution >= 4 is 21.6 Å². The van der Waals surface area contributed by atoms with Gasteiger partial charge < -0.3 is 5.32 Å². The molecule has 0 aliphatic heterocycles. The van der Waals surface area contributed by atoms with Crippen molar-refractivity contribution in [3.8, 4) is 6.07 Å². The highest BCUT2D eigenvalue weighted by Gasteiger charge is 2.35. The van der Waals surface area contributed by atoms with E-state index in [0.717, 1.165) is 41.4 Å². The summed E-state index contributed by atoms with van der Waals surface area (Å²) in [4.78, 5) is 0. The van der Waals surface area contributed by atoms with Crippen LogP contribution in [0.2, 0.25) is 0 Å². The Bertz CT molecular complexity index is 690. The zero-order valence-corrected chi connectivity index (χ0v) is 13.4. The van der Waals surface area contributed by atoms with Crippen molar-refractivity contribution in [1.29, 1.82) is 5.26 Å². The number of aryl methyl sites for hydroxylation is 1. The van der Waals surface area contributed by atoms with Crippen LogP contribution in [0.25, 0.3) is 0 Å². The van der Waals surface area contributed by atoms with E-state index in [-0.39, 0.29) is 0 Å². The van der Waals surface area contributed by atoms with E-state index in [1.165, 1.54) is 5.56 Å². The van der Waals surface area contributed by atoms with Crippen molar-refractivity contribution < 1.29 is 0 Å². The molecule has 0 saturated carbocycles. The summed E-state index contributed by atoms with van der Waals surface area (Å²) in [5.41, 5.74) is 2.74. The summed E-state index contributed by atoms with van der Waals surface area (Å²) >= 11 is 3.56. The standard InChI is InChI=1S/C18H17BrN2/c19-16-10-3-4-11-17(16)21-18(13-20)12-6-5-8-14-7-1-2-9-15(14)18/h1-4,7,9-11,21H,5-6,8,12H2. The molecule has 1 N–H and O–H groups in total. The summed E-state index contributed by atoms with van der Waals surface area (Å²) in [7, 11) is 0. The summed E-state index contributed by atoms with van der Waals surface area (Å²) in [5, 5.41) is 13.4. The highest BCUT2D eigenvalue weighted by Crippen LogP contribution is 2.38. The van der Waals surface area contributed by atoms with Gasteiger partial charge in [0.25, 0.3) is 0 Å². The molecule has 106 valence electrons. The van der Waals surface area contributed by atoms with Gasteiger partial charge in [-0.1, -0.05) is 36.4 Å². The highest BCUT2D eigenvalue weighted by molar-refractivity contribution is 9.10. The number of para-hydroxylation sites is 1. The predicted molar refractivity (Wildman–Crippen MR) is 89.1 cm³/mol. The molecule has 0 fully saturated rings. The zero-order chi connectivity index (χ0) is 14.7. The van der Waals surface area contributed by atoms with Crippen LogP contribution in [0.1, 0.15) is 30.4 Å². The lowest BCUT2D eigenvalue weighted by molar-refractivity contribution is 0.547. The topological polar surface area (TPSA) is 35.8 Å². The Labute approximate surface area is 133 Å². The molecule has 0 radical (unpaired) electrons. The van der Waals surface area contributed by atoms with E-state index < -0.39 is 5.54 Å². The molecule has 1 unspecified atom stereocenters. The van der Waals surface area contributed by atoms with E-state index in [1.54, 1.807) is 0 Å². The number of nitriles is 1. The maximum Gasteiger partial charge on any atom is 0.151 e. The molecule has 2 nitrogen and oxygen atoms in total. The van der Waals surface area contributed by atoms with E-state index in [1.807, 2.05) is 30.3 Å². The van der Waals surface area contributed by atoms with E-state index in [0.29, 0.717) is 0 Å². The summed E-state index contributed by atoms with van der Waals surface area (Å²) in [6, 6.07) is 18.9. The monoisotopic (exact) mass is 340 g/mol. The SMILES string of the molecule is N#CC1(Nc2ccccc2Br)CCCCc2ccccc21. The van der Waals surface area contributed by atoms with Crippen LogP contribution in [0.3, 0.4) is 0 Å². The number of nitrogens with one attached hydrogen (secondary N) is 1. The second-order valence-corrected chi connectivity index (χ2v) is 6.34. The van der Waals surface area contributed by atoms with Gasteiger partial charge in [0, 0.05) is 10.2 Å². The second kappa shape index (κ2) is 5.91. The first-order chi connectivity index (χ1) is 10.2. The molecular weight excluding hydrogens is 324 g/mol. The third-order valence-electron chi connectivity index (χ3n) is 4.14. The van der Waals surface area contributed by atoms with Gasteiger partial charge in [-0.25, -0.2) is 0 Å². The molecule has 3 heteroatoms. The van der Waals surface area contributed by atoms with Gasteiger partial charge in [0.2, 0.25) is 0 Å². The second-order valence-electron chi connectivity index (χ2n) is 5.49. The molecule has 2 aromatic carbocycles. The Morgan fingerprint density at radius 3 is 2.62 bits per heavy atom. The van der Waals surface area contributed by atoms with Crippen LogP contribution >= 0.6 is 15.9 Å². The summed E-state index contributed by atoms with van der Waals surface area (Å²) in [6.07, 6.45) is 4.08. The molecule has 0 heterocycles. The van der Waals surface area contributed by atoms with Crippen molar-refractivity contribution in [2.24, 2.45) is 0 Å². The first-order valence-corrected chi connectivity index (χ1v) is 8.07. The average molecular weight is 341 g/mol. The molecule has 2 aromatic rings. The highest BCUT2D eigenvalue weighted by atomic mass is 79.9. The van der Waals surface area contributed by atoms with E-state index in [2.05, 4.69) is 45.5 Å². The third kappa shape index (κ3) is 2.69. The number of hydrogen-bond donors (Lipinski definition) is 1. The fourth-order valence-corrected chi connectivity index (χ4v) is 3.45. The summed E-state index contributed by atoms with van der Waals surface area (Å²) in [6.45, 7) is 0. The Morgan fingerprint density at radius 1 is 1.05 bits per heavy atom. The maximum atomic E-state index is 9.94. The first kappa shape index (κ1) is 14.2. The number of halogens is 1. The molecule has 0 spiro atoms. The molecular formula is C18H17BrN2. The van der Waals surface area contributed by atoms with Crippen LogP contribution in [0, 0.1) is 11.3 Å². The van der Waals surface area contributed by atoms with Crippen molar-refractivity contribution in [3.63, 3.8) is 0 Å². The molecule has 0 amide bonds. The Balaban J connectivity index is 2.08. The van der Waals surface area contributed by atoms with Gasteiger partial charge in [-0.2, -0.15) is 5.26 Å². The lowest BCUT2D eigenvalue weighted by Gasteiger charge is -2.30. The van der Waals surface area contributed by atoms with Crippen molar-refractivity contribution in [2.75, 3.05) is 5.32 Å². The first-order valence-electron chi connectivity index (χ1n) is 7.27. The maximum absolute atomic E-state index is 9.94. The molecule has 1 aliphatic rings. The minimum atomic E-state index is -0.642. The number of anilines is 1. The van der Waals surface area contributed by atoms with Gasteiger partial charge in [0.1, 0.15) is 0 Å². The Morgan fingerprint density at radius 2 is 1.81 bits per heavy atom. The van der Waals surface area contributed by atoms with Gasteiger partial charge in [-0.15, -0.1) is 0 Å². The summed E-state index contributed by atoms with van der Waals surface area (Å²) < 4.78 is 0.987. The minimum Gasteiger partial charge on any atom is -0.363 e. The van der Waals surface area contributed by atoms with Gasteiger partial charge in [-0.3, -0.25) is 0 Å². The molecule has 3 rings (SSSR count). The number of hydrogen-bond acceptors (Lipinski definition) is 2. The van der Waals surface area contributed by atoms with Crippen LogP contribution < -0.4 is 5.32 Å². The normalized spacial score (nSPS) is 21.0. The number of rotatable bonds is 2. The van der Waals surface area contributed by atoms with Crippen LogP contribution in [-0.4, -0.2) is 0 Å². The Hall–Kier alpha value is -1.79. The predicted octanol–water partition coefficient (Wildman–Crippen LogP) is 5.01.